The number of phenolic OH excluding ortho intramolecular Hbond substituents is 2. The van der Waals surface area contributed by atoms with Crippen molar-refractivity contribution in [3.8, 4) is 22.6 Å². The first-order valence-corrected chi connectivity index (χ1v) is 9.44. The monoisotopic (exact) mass is 410 g/mol. The predicted octanol–water partition coefficient (Wildman–Crippen LogP) is 6.42. The van der Waals surface area contributed by atoms with Crippen molar-refractivity contribution >= 4 is 15.9 Å². The molecule has 3 heteroatoms. The van der Waals surface area contributed by atoms with Gasteiger partial charge in [0.25, 0.3) is 0 Å². The van der Waals surface area contributed by atoms with E-state index in [1.165, 1.54) is 0 Å². The number of benzene rings is 3. The normalized spacial score (nSPS) is 11.5. The van der Waals surface area contributed by atoms with Crippen molar-refractivity contribution < 1.29 is 10.2 Å². The lowest BCUT2D eigenvalue weighted by Crippen LogP contribution is -2.11. The molecule has 0 radical (unpaired) electrons. The number of phenols is 2. The largest absolute Gasteiger partial charge is 0.508 e. The Morgan fingerprint density at radius 2 is 1.50 bits per heavy atom. The molecule has 0 saturated carbocycles. The van der Waals surface area contributed by atoms with Gasteiger partial charge in [0.1, 0.15) is 11.5 Å². The van der Waals surface area contributed by atoms with Crippen LogP contribution in [0.15, 0.2) is 65.1 Å². The fourth-order valence-electron chi connectivity index (χ4n) is 2.99. The van der Waals surface area contributed by atoms with Crippen LogP contribution in [0.5, 0.6) is 11.5 Å². The standard InChI is InChI=1S/C23H23BrO2/c1-23(2,3)19-9-10-21(25)17(13-19)12-18-11-16(14-20(24)22(18)26)15-7-5-4-6-8-15/h4-11,13-14,25-26H,12H2,1-3H3. The van der Waals surface area contributed by atoms with Crippen LogP contribution in [0, 0.1) is 0 Å². The molecule has 3 aromatic rings. The summed E-state index contributed by atoms with van der Waals surface area (Å²) >= 11 is 3.46. The maximum Gasteiger partial charge on any atom is 0.133 e. The molecule has 0 bridgehead atoms. The molecule has 0 amide bonds. The van der Waals surface area contributed by atoms with Gasteiger partial charge >= 0.3 is 0 Å². The van der Waals surface area contributed by atoms with Crippen molar-refractivity contribution in [1.82, 2.24) is 0 Å². The molecule has 0 heterocycles. The Balaban J connectivity index is 2.04. The Kier molecular flexibility index (Phi) is 5.10. The van der Waals surface area contributed by atoms with Crippen LogP contribution in [0.2, 0.25) is 0 Å². The SMILES string of the molecule is CC(C)(C)c1ccc(O)c(Cc2cc(-c3ccccc3)cc(Br)c2O)c1. The molecule has 3 aromatic carbocycles. The summed E-state index contributed by atoms with van der Waals surface area (Å²) < 4.78 is 0.653. The van der Waals surface area contributed by atoms with E-state index < -0.39 is 0 Å². The molecule has 0 atom stereocenters. The van der Waals surface area contributed by atoms with E-state index in [1.807, 2.05) is 54.6 Å². The van der Waals surface area contributed by atoms with Crippen molar-refractivity contribution in [2.45, 2.75) is 32.6 Å². The molecular formula is C23H23BrO2. The van der Waals surface area contributed by atoms with Crippen LogP contribution in [0.3, 0.4) is 0 Å². The molecule has 2 nitrogen and oxygen atoms in total. The summed E-state index contributed by atoms with van der Waals surface area (Å²) in [7, 11) is 0. The Labute approximate surface area is 163 Å². The van der Waals surface area contributed by atoms with Crippen LogP contribution in [-0.2, 0) is 11.8 Å². The fourth-order valence-corrected chi connectivity index (χ4v) is 3.49. The van der Waals surface area contributed by atoms with Gasteiger partial charge in [-0.3, -0.25) is 0 Å². The quantitative estimate of drug-likeness (QED) is 0.523. The molecule has 2 N–H and O–H groups in total. The number of hydrogen-bond donors (Lipinski definition) is 2. The summed E-state index contributed by atoms with van der Waals surface area (Å²) in [6.45, 7) is 6.44. The second-order valence-electron chi connectivity index (χ2n) is 7.60. The maximum atomic E-state index is 10.5. The Morgan fingerprint density at radius 1 is 0.808 bits per heavy atom. The van der Waals surface area contributed by atoms with E-state index in [0.717, 1.165) is 27.8 Å². The van der Waals surface area contributed by atoms with Crippen LogP contribution in [0.1, 0.15) is 37.5 Å². The van der Waals surface area contributed by atoms with E-state index in [4.69, 9.17) is 0 Å². The highest BCUT2D eigenvalue weighted by atomic mass is 79.9. The molecule has 0 aliphatic carbocycles. The topological polar surface area (TPSA) is 40.5 Å². The van der Waals surface area contributed by atoms with Crippen molar-refractivity contribution in [3.63, 3.8) is 0 Å². The van der Waals surface area contributed by atoms with Gasteiger partial charge < -0.3 is 10.2 Å². The summed E-state index contributed by atoms with van der Waals surface area (Å²) in [6, 6.07) is 19.7. The zero-order chi connectivity index (χ0) is 18.9. The maximum absolute atomic E-state index is 10.5. The molecule has 3 rings (SSSR count). The third-order valence-corrected chi connectivity index (χ3v) is 5.18. The lowest BCUT2D eigenvalue weighted by Gasteiger charge is -2.20. The average Bonchev–Trinajstić information content (AvgIpc) is 2.60. The second kappa shape index (κ2) is 7.16. The smallest absolute Gasteiger partial charge is 0.133 e. The van der Waals surface area contributed by atoms with E-state index >= 15 is 0 Å². The van der Waals surface area contributed by atoms with E-state index in [9.17, 15) is 10.2 Å². The van der Waals surface area contributed by atoms with Gasteiger partial charge in [-0.2, -0.15) is 0 Å². The predicted molar refractivity (Wildman–Crippen MR) is 111 cm³/mol. The van der Waals surface area contributed by atoms with E-state index in [1.54, 1.807) is 6.07 Å². The van der Waals surface area contributed by atoms with Crippen LogP contribution in [-0.4, -0.2) is 10.2 Å². The molecule has 0 spiro atoms. The molecule has 0 unspecified atom stereocenters. The minimum absolute atomic E-state index is 0.00301. The number of hydrogen-bond acceptors (Lipinski definition) is 2. The lowest BCUT2D eigenvalue weighted by atomic mass is 9.85. The Bertz CT molecular complexity index is 925. The highest BCUT2D eigenvalue weighted by Gasteiger charge is 2.17. The first kappa shape index (κ1) is 18.5. The van der Waals surface area contributed by atoms with E-state index in [0.29, 0.717) is 10.9 Å². The molecule has 26 heavy (non-hydrogen) atoms. The molecule has 0 fully saturated rings. The number of rotatable bonds is 3. The van der Waals surface area contributed by atoms with Crippen LogP contribution < -0.4 is 0 Å². The zero-order valence-electron chi connectivity index (χ0n) is 15.3. The summed E-state index contributed by atoms with van der Waals surface area (Å²) in [5, 5.41) is 20.8. The first-order valence-electron chi connectivity index (χ1n) is 8.65. The van der Waals surface area contributed by atoms with Crippen LogP contribution in [0.25, 0.3) is 11.1 Å². The van der Waals surface area contributed by atoms with Gasteiger partial charge in [-0.1, -0.05) is 63.2 Å². The summed E-state index contributed by atoms with van der Waals surface area (Å²) in [5.74, 6) is 0.462. The average molecular weight is 411 g/mol. The van der Waals surface area contributed by atoms with Crippen LogP contribution in [0.4, 0.5) is 0 Å². The third kappa shape index (κ3) is 3.94. The van der Waals surface area contributed by atoms with Crippen molar-refractivity contribution in [3.05, 3.63) is 81.8 Å². The Hall–Kier alpha value is -2.26. The number of halogens is 1. The van der Waals surface area contributed by atoms with Gasteiger partial charge in [0.15, 0.2) is 0 Å². The second-order valence-corrected chi connectivity index (χ2v) is 8.46. The molecule has 0 saturated heterocycles. The minimum Gasteiger partial charge on any atom is -0.508 e. The van der Waals surface area contributed by atoms with Gasteiger partial charge in [-0.15, -0.1) is 0 Å². The minimum atomic E-state index is -0.00301. The van der Waals surface area contributed by atoms with E-state index in [-0.39, 0.29) is 16.9 Å². The van der Waals surface area contributed by atoms with Gasteiger partial charge in [-0.05, 0) is 61.8 Å². The fraction of sp³-hybridized carbons (Fsp3) is 0.217. The first-order chi connectivity index (χ1) is 12.3. The molecule has 0 aliphatic rings. The van der Waals surface area contributed by atoms with E-state index in [2.05, 4.69) is 36.7 Å². The molecular weight excluding hydrogens is 388 g/mol. The molecule has 0 aromatic heterocycles. The third-order valence-electron chi connectivity index (χ3n) is 4.58. The Morgan fingerprint density at radius 3 is 2.15 bits per heavy atom. The van der Waals surface area contributed by atoms with Gasteiger partial charge in [0.05, 0.1) is 4.47 Å². The van der Waals surface area contributed by atoms with Gasteiger partial charge in [0.2, 0.25) is 0 Å². The van der Waals surface area contributed by atoms with Gasteiger partial charge in [0, 0.05) is 12.0 Å². The summed E-state index contributed by atoms with van der Waals surface area (Å²) in [6.07, 6.45) is 0.459. The highest BCUT2D eigenvalue weighted by Crippen LogP contribution is 2.37. The van der Waals surface area contributed by atoms with Crippen molar-refractivity contribution in [2.24, 2.45) is 0 Å². The summed E-state index contributed by atoms with van der Waals surface area (Å²) in [4.78, 5) is 0. The van der Waals surface area contributed by atoms with Crippen LogP contribution >= 0.6 is 15.9 Å². The van der Waals surface area contributed by atoms with Crippen molar-refractivity contribution in [1.29, 1.82) is 0 Å². The van der Waals surface area contributed by atoms with Crippen molar-refractivity contribution in [2.75, 3.05) is 0 Å². The molecule has 134 valence electrons. The highest BCUT2D eigenvalue weighted by molar-refractivity contribution is 9.10. The van der Waals surface area contributed by atoms with Gasteiger partial charge in [-0.25, -0.2) is 0 Å². The molecule has 0 aliphatic heterocycles. The summed E-state index contributed by atoms with van der Waals surface area (Å²) in [5.41, 5.74) is 4.85. The zero-order valence-corrected chi connectivity index (χ0v) is 16.8. The lowest BCUT2D eigenvalue weighted by molar-refractivity contribution is 0.460. The number of aromatic hydroxyl groups is 2.